The molecule has 150 valence electrons. The first-order valence-corrected chi connectivity index (χ1v) is 10.8. The van der Waals surface area contributed by atoms with E-state index in [-0.39, 0.29) is 6.42 Å². The average Bonchev–Trinajstić information content (AvgIpc) is 2.65. The molecule has 1 heterocycles. The van der Waals surface area contributed by atoms with Gasteiger partial charge in [-0.15, -0.1) is 0 Å². The van der Waals surface area contributed by atoms with Crippen LogP contribution in [0.5, 0.6) is 5.75 Å². The number of halogens is 2. The number of rotatable bonds is 4. The molecule has 2 aromatic carbocycles. The number of hydrogen-bond donors (Lipinski definition) is 1. The molecule has 0 aliphatic carbocycles. The third kappa shape index (κ3) is 3.66. The highest BCUT2D eigenvalue weighted by molar-refractivity contribution is 7.95. The van der Waals surface area contributed by atoms with Gasteiger partial charge >= 0.3 is 0 Å². The molecule has 0 bridgehead atoms. The number of nitrogens with one attached hydrogen (secondary N) is 1. The molecule has 0 aromatic heterocycles. The standard InChI is InChI=1S/C19H20Cl2N2O4S/c1-19(18(24)22-14-6-9-17(27-2)16(21)12-14)10-3-11-23(28(19,25)26)15-7-4-13(20)5-8-15/h4-9,12H,3,10-11H2,1-2H3,(H,22,24)/t19-/m1/s1. The van der Waals surface area contributed by atoms with E-state index >= 15 is 0 Å². The van der Waals surface area contributed by atoms with Gasteiger partial charge in [-0.05, 0) is 62.2 Å². The zero-order chi connectivity index (χ0) is 20.5. The largest absolute Gasteiger partial charge is 0.495 e. The lowest BCUT2D eigenvalue weighted by Crippen LogP contribution is -2.57. The number of carbonyl (C=O) groups excluding carboxylic acids is 1. The van der Waals surface area contributed by atoms with Crippen molar-refractivity contribution >= 4 is 50.5 Å². The van der Waals surface area contributed by atoms with Crippen molar-refractivity contribution in [3.05, 3.63) is 52.5 Å². The molecule has 1 atom stereocenters. The summed E-state index contributed by atoms with van der Waals surface area (Å²) in [5.74, 6) is -0.141. The minimum Gasteiger partial charge on any atom is -0.495 e. The molecule has 1 saturated heterocycles. The Kier molecular flexibility index (Phi) is 5.79. The number of benzene rings is 2. The number of methoxy groups -OCH3 is 1. The van der Waals surface area contributed by atoms with Crippen LogP contribution in [0.4, 0.5) is 11.4 Å². The molecular weight excluding hydrogens is 423 g/mol. The van der Waals surface area contributed by atoms with E-state index in [1.54, 1.807) is 36.4 Å². The molecule has 3 rings (SSSR count). The van der Waals surface area contributed by atoms with Crippen LogP contribution in [0.25, 0.3) is 0 Å². The van der Waals surface area contributed by atoms with E-state index in [0.717, 1.165) is 0 Å². The topological polar surface area (TPSA) is 75.7 Å². The SMILES string of the molecule is COc1ccc(NC(=O)[C@@]2(C)CCCN(c3ccc(Cl)cc3)S2(=O)=O)cc1Cl. The smallest absolute Gasteiger partial charge is 0.249 e. The fraction of sp³-hybridized carbons (Fsp3) is 0.316. The van der Waals surface area contributed by atoms with Gasteiger partial charge in [0.15, 0.2) is 4.75 Å². The summed E-state index contributed by atoms with van der Waals surface area (Å²) in [5, 5.41) is 3.50. The second-order valence-corrected chi connectivity index (χ2v) is 9.83. The van der Waals surface area contributed by atoms with Crippen LogP contribution in [0, 0.1) is 0 Å². The highest BCUT2D eigenvalue weighted by Gasteiger charge is 2.52. The van der Waals surface area contributed by atoms with Crippen LogP contribution >= 0.6 is 23.2 Å². The van der Waals surface area contributed by atoms with Crippen molar-refractivity contribution in [2.75, 3.05) is 23.3 Å². The van der Waals surface area contributed by atoms with E-state index in [9.17, 15) is 13.2 Å². The van der Waals surface area contributed by atoms with E-state index in [2.05, 4.69) is 5.32 Å². The molecule has 1 N–H and O–H groups in total. The molecule has 1 aliphatic heterocycles. The first-order chi connectivity index (χ1) is 13.2. The van der Waals surface area contributed by atoms with Gasteiger partial charge in [-0.1, -0.05) is 23.2 Å². The van der Waals surface area contributed by atoms with Crippen molar-refractivity contribution in [1.29, 1.82) is 0 Å². The first kappa shape index (κ1) is 20.8. The number of ether oxygens (including phenoxy) is 1. The monoisotopic (exact) mass is 442 g/mol. The third-order valence-corrected chi connectivity index (χ3v) is 7.93. The summed E-state index contributed by atoms with van der Waals surface area (Å²) < 4.78 is 31.4. The molecule has 6 nitrogen and oxygen atoms in total. The highest BCUT2D eigenvalue weighted by Crippen LogP contribution is 2.37. The van der Waals surface area contributed by atoms with E-state index in [1.165, 1.54) is 24.4 Å². The van der Waals surface area contributed by atoms with E-state index in [0.29, 0.717) is 40.1 Å². The van der Waals surface area contributed by atoms with Crippen LogP contribution in [-0.4, -0.2) is 32.7 Å². The minimum atomic E-state index is -3.95. The van der Waals surface area contributed by atoms with E-state index in [1.807, 2.05) is 0 Å². The van der Waals surface area contributed by atoms with Gasteiger partial charge in [0.1, 0.15) is 5.75 Å². The second kappa shape index (κ2) is 7.81. The quantitative estimate of drug-likeness (QED) is 0.764. The predicted octanol–water partition coefficient (Wildman–Crippen LogP) is 4.33. The summed E-state index contributed by atoms with van der Waals surface area (Å²) >= 11 is 12.0. The van der Waals surface area contributed by atoms with Crippen LogP contribution in [0.1, 0.15) is 19.8 Å². The van der Waals surface area contributed by atoms with Gasteiger partial charge in [-0.25, -0.2) is 8.42 Å². The molecular formula is C19H20Cl2N2O4S. The van der Waals surface area contributed by atoms with Crippen molar-refractivity contribution in [2.24, 2.45) is 0 Å². The Bertz CT molecular complexity index is 995. The van der Waals surface area contributed by atoms with Crippen molar-refractivity contribution in [3.63, 3.8) is 0 Å². The van der Waals surface area contributed by atoms with E-state index in [4.69, 9.17) is 27.9 Å². The number of carbonyl (C=O) groups is 1. The zero-order valence-electron chi connectivity index (χ0n) is 15.4. The lowest BCUT2D eigenvalue weighted by atomic mass is 10.0. The van der Waals surface area contributed by atoms with Gasteiger partial charge in [0, 0.05) is 17.3 Å². The first-order valence-electron chi connectivity index (χ1n) is 8.62. The summed E-state index contributed by atoms with van der Waals surface area (Å²) in [6, 6.07) is 11.2. The van der Waals surface area contributed by atoms with Crippen molar-refractivity contribution < 1.29 is 17.9 Å². The Morgan fingerprint density at radius 3 is 2.46 bits per heavy atom. The lowest BCUT2D eigenvalue weighted by molar-refractivity contribution is -0.118. The lowest BCUT2D eigenvalue weighted by Gasteiger charge is -2.39. The van der Waals surface area contributed by atoms with Crippen LogP contribution < -0.4 is 14.4 Å². The Hall–Kier alpha value is -1.96. The van der Waals surface area contributed by atoms with Crippen LogP contribution in [0.2, 0.25) is 10.0 Å². The maximum Gasteiger partial charge on any atom is 0.249 e. The summed E-state index contributed by atoms with van der Waals surface area (Å²) in [6.45, 7) is 1.76. The molecule has 0 unspecified atom stereocenters. The summed E-state index contributed by atoms with van der Waals surface area (Å²) in [5.41, 5.74) is 0.881. The number of hydrogen-bond acceptors (Lipinski definition) is 4. The fourth-order valence-electron chi connectivity index (χ4n) is 3.17. The zero-order valence-corrected chi connectivity index (χ0v) is 17.7. The Balaban J connectivity index is 1.89. The molecule has 28 heavy (non-hydrogen) atoms. The molecule has 9 heteroatoms. The normalized spacial score (nSPS) is 21.2. The molecule has 2 aromatic rings. The van der Waals surface area contributed by atoms with Gasteiger partial charge in [0.2, 0.25) is 15.9 Å². The molecule has 0 radical (unpaired) electrons. The van der Waals surface area contributed by atoms with Crippen molar-refractivity contribution in [3.8, 4) is 5.75 Å². The van der Waals surface area contributed by atoms with Gasteiger partial charge in [0.05, 0.1) is 17.8 Å². The molecule has 1 fully saturated rings. The maximum absolute atomic E-state index is 13.3. The highest BCUT2D eigenvalue weighted by atomic mass is 35.5. The Morgan fingerprint density at radius 1 is 1.18 bits per heavy atom. The fourth-order valence-corrected chi connectivity index (χ4v) is 5.49. The third-order valence-electron chi connectivity index (χ3n) is 4.88. The second-order valence-electron chi connectivity index (χ2n) is 6.69. The molecule has 0 spiro atoms. The maximum atomic E-state index is 13.3. The average molecular weight is 443 g/mol. The Labute approximate surface area is 174 Å². The Morgan fingerprint density at radius 2 is 1.86 bits per heavy atom. The van der Waals surface area contributed by atoms with Gasteiger partial charge in [-0.2, -0.15) is 0 Å². The molecule has 1 aliphatic rings. The number of anilines is 2. The minimum absolute atomic E-state index is 0.217. The molecule has 0 saturated carbocycles. The van der Waals surface area contributed by atoms with Gasteiger partial charge in [0.25, 0.3) is 0 Å². The van der Waals surface area contributed by atoms with Crippen LogP contribution in [-0.2, 0) is 14.8 Å². The summed E-state index contributed by atoms with van der Waals surface area (Å²) in [6.07, 6.45) is 0.768. The van der Waals surface area contributed by atoms with Crippen molar-refractivity contribution in [2.45, 2.75) is 24.5 Å². The molecule has 1 amide bonds. The van der Waals surface area contributed by atoms with Crippen molar-refractivity contribution in [1.82, 2.24) is 0 Å². The number of amides is 1. The van der Waals surface area contributed by atoms with E-state index < -0.39 is 20.7 Å². The van der Waals surface area contributed by atoms with Gasteiger partial charge in [-0.3, -0.25) is 9.10 Å². The van der Waals surface area contributed by atoms with Crippen LogP contribution in [0.15, 0.2) is 42.5 Å². The number of sulfonamides is 1. The van der Waals surface area contributed by atoms with Crippen LogP contribution in [0.3, 0.4) is 0 Å². The summed E-state index contributed by atoms with van der Waals surface area (Å²) in [4.78, 5) is 13.0. The predicted molar refractivity (Wildman–Crippen MR) is 112 cm³/mol. The van der Waals surface area contributed by atoms with Gasteiger partial charge < -0.3 is 10.1 Å². The summed E-state index contributed by atoms with van der Waals surface area (Å²) in [7, 11) is -2.46. The number of nitrogens with zero attached hydrogens (tertiary/aromatic N) is 1.